The second kappa shape index (κ2) is 11.4. The van der Waals surface area contributed by atoms with Crippen LogP contribution in [0.1, 0.15) is 27.2 Å². The summed E-state index contributed by atoms with van der Waals surface area (Å²) in [6, 6.07) is 16.6. The summed E-state index contributed by atoms with van der Waals surface area (Å²) in [6.45, 7) is 8.40. The van der Waals surface area contributed by atoms with Gasteiger partial charge in [-0.2, -0.15) is 0 Å². The van der Waals surface area contributed by atoms with Crippen molar-refractivity contribution in [3.05, 3.63) is 59.3 Å². The molecule has 29 heavy (non-hydrogen) atoms. The van der Waals surface area contributed by atoms with Crippen molar-refractivity contribution < 1.29 is 9.53 Å². The number of anilines is 1. The second-order valence-corrected chi connectivity index (χ2v) is 7.47. The minimum Gasteiger partial charge on any atom is -0.461 e. The van der Waals surface area contributed by atoms with Crippen LogP contribution in [0.4, 0.5) is 5.69 Å². The predicted molar refractivity (Wildman–Crippen MR) is 121 cm³/mol. The number of nitrogens with zero attached hydrogens (tertiary/aromatic N) is 1. The summed E-state index contributed by atoms with van der Waals surface area (Å²) < 4.78 is 4.94. The van der Waals surface area contributed by atoms with Gasteiger partial charge in [-0.05, 0) is 55.7 Å². The first-order chi connectivity index (χ1) is 14.0. The van der Waals surface area contributed by atoms with Gasteiger partial charge in [0.15, 0.2) is 5.70 Å². The van der Waals surface area contributed by atoms with Crippen LogP contribution in [0, 0.1) is 0 Å². The zero-order chi connectivity index (χ0) is 21.2. The molecule has 0 bridgehead atoms. The molecule has 0 fully saturated rings. The Morgan fingerprint density at radius 1 is 1.03 bits per heavy atom. The lowest BCUT2D eigenvalue weighted by Gasteiger charge is -2.22. The number of hydrazine groups is 1. The zero-order valence-electron chi connectivity index (χ0n) is 17.3. The van der Waals surface area contributed by atoms with Crippen LogP contribution in [-0.4, -0.2) is 25.7 Å². The minimum atomic E-state index is -0.569. The SMILES string of the molecule is CCCN(CC)c1ccc(-c2ccc(S/C(N)=C(/NN)C(=O)OCC)cc2)cc1. The van der Waals surface area contributed by atoms with E-state index in [1.165, 1.54) is 17.4 Å². The maximum atomic E-state index is 11.9. The molecule has 0 atom stereocenters. The average molecular weight is 415 g/mol. The highest BCUT2D eigenvalue weighted by atomic mass is 32.2. The van der Waals surface area contributed by atoms with E-state index in [1.807, 2.05) is 24.3 Å². The van der Waals surface area contributed by atoms with Gasteiger partial charge in [-0.1, -0.05) is 43.0 Å². The number of hydrogen-bond donors (Lipinski definition) is 3. The van der Waals surface area contributed by atoms with Crippen LogP contribution in [0.5, 0.6) is 0 Å². The Balaban J connectivity index is 2.13. The number of carbonyl (C=O) groups excluding carboxylic acids is 1. The second-order valence-electron chi connectivity index (χ2n) is 6.36. The Morgan fingerprint density at radius 2 is 1.62 bits per heavy atom. The third-order valence-electron chi connectivity index (χ3n) is 4.39. The lowest BCUT2D eigenvalue weighted by molar-refractivity contribution is -0.139. The molecule has 2 rings (SSSR count). The topological polar surface area (TPSA) is 93.6 Å². The summed E-state index contributed by atoms with van der Waals surface area (Å²) in [6.07, 6.45) is 1.13. The predicted octanol–water partition coefficient (Wildman–Crippen LogP) is 3.84. The van der Waals surface area contributed by atoms with E-state index in [0.717, 1.165) is 35.5 Å². The quantitative estimate of drug-likeness (QED) is 0.179. The van der Waals surface area contributed by atoms with E-state index in [9.17, 15) is 4.79 Å². The summed E-state index contributed by atoms with van der Waals surface area (Å²) in [5.74, 6) is 4.85. The Morgan fingerprint density at radius 3 is 2.10 bits per heavy atom. The van der Waals surface area contributed by atoms with E-state index < -0.39 is 5.97 Å². The van der Waals surface area contributed by atoms with Crippen molar-refractivity contribution in [2.75, 3.05) is 24.6 Å². The monoisotopic (exact) mass is 414 g/mol. The molecular weight excluding hydrogens is 384 g/mol. The summed E-state index contributed by atoms with van der Waals surface area (Å²) >= 11 is 1.26. The van der Waals surface area contributed by atoms with Crippen LogP contribution in [0.3, 0.4) is 0 Å². The fourth-order valence-electron chi connectivity index (χ4n) is 2.93. The molecule has 0 aliphatic heterocycles. The normalized spacial score (nSPS) is 11.6. The van der Waals surface area contributed by atoms with Crippen molar-refractivity contribution in [3.63, 3.8) is 0 Å². The first kappa shape index (κ1) is 22.6. The highest BCUT2D eigenvalue weighted by Crippen LogP contribution is 2.29. The zero-order valence-corrected chi connectivity index (χ0v) is 18.1. The third kappa shape index (κ3) is 6.17. The summed E-state index contributed by atoms with van der Waals surface area (Å²) in [5.41, 5.74) is 11.9. The number of carbonyl (C=O) groups is 1. The lowest BCUT2D eigenvalue weighted by Crippen LogP contribution is -2.30. The van der Waals surface area contributed by atoms with Crippen LogP contribution in [0.2, 0.25) is 0 Å². The number of benzene rings is 2. The van der Waals surface area contributed by atoms with Crippen LogP contribution < -0.4 is 21.9 Å². The highest BCUT2D eigenvalue weighted by molar-refractivity contribution is 8.03. The van der Waals surface area contributed by atoms with Gasteiger partial charge in [0, 0.05) is 23.7 Å². The molecule has 0 aliphatic carbocycles. The molecule has 0 radical (unpaired) electrons. The molecule has 6 nitrogen and oxygen atoms in total. The first-order valence-corrected chi connectivity index (χ1v) is 10.6. The van der Waals surface area contributed by atoms with Crippen LogP contribution in [-0.2, 0) is 9.53 Å². The number of rotatable bonds is 10. The Hall–Kier alpha value is -2.64. The van der Waals surface area contributed by atoms with Crippen LogP contribution in [0.15, 0.2) is 64.2 Å². The lowest BCUT2D eigenvalue weighted by atomic mass is 10.1. The number of thioether (sulfide) groups is 1. The average Bonchev–Trinajstić information content (AvgIpc) is 2.73. The molecule has 156 valence electrons. The van der Waals surface area contributed by atoms with Gasteiger partial charge in [-0.25, -0.2) is 4.79 Å². The van der Waals surface area contributed by atoms with Gasteiger partial charge in [0.2, 0.25) is 0 Å². The van der Waals surface area contributed by atoms with Crippen LogP contribution >= 0.6 is 11.8 Å². The maximum Gasteiger partial charge on any atom is 0.358 e. The Labute approximate surface area is 177 Å². The van der Waals surface area contributed by atoms with Crippen LogP contribution in [0.25, 0.3) is 11.1 Å². The van der Waals surface area contributed by atoms with Crippen molar-refractivity contribution in [2.45, 2.75) is 32.1 Å². The number of nitrogens with two attached hydrogens (primary N) is 2. The van der Waals surface area contributed by atoms with Gasteiger partial charge in [-0.3, -0.25) is 5.84 Å². The van der Waals surface area contributed by atoms with E-state index in [0.29, 0.717) is 0 Å². The van der Waals surface area contributed by atoms with Crippen molar-refractivity contribution >= 4 is 23.4 Å². The molecule has 0 aromatic heterocycles. The highest BCUT2D eigenvalue weighted by Gasteiger charge is 2.15. The molecule has 5 N–H and O–H groups in total. The molecule has 0 unspecified atom stereocenters. The van der Waals surface area contributed by atoms with E-state index in [2.05, 4.69) is 48.4 Å². The standard InChI is InChI=1S/C22H30N4O2S/c1-4-15-26(5-2)18-11-7-16(8-12-18)17-9-13-19(14-10-17)29-21(23)20(25-24)22(27)28-6-3/h7-14,25H,4-6,15,23-24H2,1-3H3/b21-20+. The Kier molecular flexibility index (Phi) is 8.89. The minimum absolute atomic E-state index is 0.0593. The van der Waals surface area contributed by atoms with Gasteiger partial charge in [0.05, 0.1) is 6.61 Å². The molecule has 0 aliphatic rings. The van der Waals surface area contributed by atoms with Gasteiger partial charge in [0.1, 0.15) is 5.03 Å². The number of nitrogens with one attached hydrogen (secondary N) is 1. The first-order valence-electron chi connectivity index (χ1n) is 9.80. The largest absolute Gasteiger partial charge is 0.461 e. The summed E-state index contributed by atoms with van der Waals surface area (Å²) in [4.78, 5) is 15.1. The van der Waals surface area contributed by atoms with Crippen molar-refractivity contribution in [1.82, 2.24) is 5.43 Å². The molecule has 7 heteroatoms. The van der Waals surface area contributed by atoms with E-state index in [-0.39, 0.29) is 17.3 Å². The van der Waals surface area contributed by atoms with Gasteiger partial charge >= 0.3 is 5.97 Å². The van der Waals surface area contributed by atoms with Gasteiger partial charge < -0.3 is 20.8 Å². The molecule has 0 spiro atoms. The van der Waals surface area contributed by atoms with E-state index >= 15 is 0 Å². The number of ether oxygens (including phenoxy) is 1. The van der Waals surface area contributed by atoms with Gasteiger partial charge in [-0.15, -0.1) is 0 Å². The summed E-state index contributed by atoms with van der Waals surface area (Å²) in [5, 5.41) is 0.263. The molecule has 2 aromatic carbocycles. The van der Waals surface area contributed by atoms with Crippen molar-refractivity contribution in [2.24, 2.45) is 11.6 Å². The smallest absolute Gasteiger partial charge is 0.358 e. The third-order valence-corrected chi connectivity index (χ3v) is 5.33. The summed E-state index contributed by atoms with van der Waals surface area (Å²) in [7, 11) is 0. The fraction of sp³-hybridized carbons (Fsp3) is 0.318. The number of esters is 1. The Bertz CT molecular complexity index is 820. The molecule has 0 saturated carbocycles. The number of hydrogen-bond acceptors (Lipinski definition) is 7. The van der Waals surface area contributed by atoms with E-state index in [1.54, 1.807) is 6.92 Å². The van der Waals surface area contributed by atoms with E-state index in [4.69, 9.17) is 16.3 Å². The molecular formula is C22H30N4O2S. The fourth-order valence-corrected chi connectivity index (χ4v) is 3.70. The molecule has 0 amide bonds. The molecule has 0 heterocycles. The molecule has 2 aromatic rings. The molecule has 0 saturated heterocycles. The van der Waals surface area contributed by atoms with Crippen molar-refractivity contribution in [3.8, 4) is 11.1 Å². The van der Waals surface area contributed by atoms with Crippen molar-refractivity contribution in [1.29, 1.82) is 0 Å². The van der Waals surface area contributed by atoms with Gasteiger partial charge in [0.25, 0.3) is 0 Å². The maximum absolute atomic E-state index is 11.9.